The Bertz CT molecular complexity index is 633. The molecule has 1 aromatic heterocycles. The average Bonchev–Trinajstić information content (AvgIpc) is 3.16. The Morgan fingerprint density at radius 2 is 2.09 bits per heavy atom. The summed E-state index contributed by atoms with van der Waals surface area (Å²) in [6.07, 6.45) is 1.11. The highest BCUT2D eigenvalue weighted by molar-refractivity contribution is 7.09. The summed E-state index contributed by atoms with van der Waals surface area (Å²) >= 11 is 1.60. The van der Waals surface area contributed by atoms with Gasteiger partial charge in [-0.1, -0.05) is 6.07 Å². The van der Waals surface area contributed by atoms with Gasteiger partial charge in [-0.2, -0.15) is 0 Å². The number of thiazole rings is 1. The Kier molecular flexibility index (Phi) is 5.35. The molecule has 0 bridgehead atoms. The summed E-state index contributed by atoms with van der Waals surface area (Å²) in [6, 6.07) is 4.06. The predicted octanol–water partition coefficient (Wildman–Crippen LogP) is 3.34. The highest BCUT2D eigenvalue weighted by Crippen LogP contribution is 2.22. The summed E-state index contributed by atoms with van der Waals surface area (Å²) in [5.74, 6) is -0.417. The van der Waals surface area contributed by atoms with Gasteiger partial charge in [0.2, 0.25) is 0 Å². The molecular weight excluding hydrogens is 316 g/mol. The van der Waals surface area contributed by atoms with E-state index in [1.54, 1.807) is 11.3 Å². The van der Waals surface area contributed by atoms with E-state index in [1.807, 2.05) is 12.4 Å². The molecule has 3 rings (SSSR count). The van der Waals surface area contributed by atoms with Crippen molar-refractivity contribution in [3.05, 3.63) is 51.5 Å². The summed E-state index contributed by atoms with van der Waals surface area (Å²) in [5, 5.41) is 3.35. The fraction of sp³-hybridized carbons (Fsp3) is 0.471. The van der Waals surface area contributed by atoms with Gasteiger partial charge in [0.1, 0.15) is 11.6 Å². The maximum absolute atomic E-state index is 14.0. The number of hydrogen-bond acceptors (Lipinski definition) is 4. The number of nitrogens with zero attached hydrogens (tertiary/aromatic N) is 2. The second-order valence-electron chi connectivity index (χ2n) is 6.09. The third-order valence-electron chi connectivity index (χ3n) is 4.33. The van der Waals surface area contributed by atoms with Crippen molar-refractivity contribution in [2.24, 2.45) is 5.92 Å². The summed E-state index contributed by atoms with van der Waals surface area (Å²) in [7, 11) is 0. The van der Waals surface area contributed by atoms with Gasteiger partial charge >= 0.3 is 0 Å². The molecule has 23 heavy (non-hydrogen) atoms. The van der Waals surface area contributed by atoms with Crippen molar-refractivity contribution < 1.29 is 8.78 Å². The zero-order valence-electron chi connectivity index (χ0n) is 13.2. The molecule has 0 radical (unpaired) electrons. The largest absolute Gasteiger partial charge is 0.316 e. The number of halogens is 2. The molecule has 2 aromatic rings. The van der Waals surface area contributed by atoms with E-state index in [-0.39, 0.29) is 12.1 Å². The van der Waals surface area contributed by atoms with Crippen molar-refractivity contribution in [2.75, 3.05) is 19.6 Å². The summed E-state index contributed by atoms with van der Waals surface area (Å²) in [6.45, 7) is 5.76. The zero-order chi connectivity index (χ0) is 16.2. The molecule has 1 unspecified atom stereocenters. The van der Waals surface area contributed by atoms with Crippen molar-refractivity contribution in [2.45, 2.75) is 26.4 Å². The smallest absolute Gasteiger partial charge is 0.130 e. The van der Waals surface area contributed by atoms with Crippen LogP contribution in [0.2, 0.25) is 0 Å². The molecule has 1 fully saturated rings. The first kappa shape index (κ1) is 16.5. The van der Waals surface area contributed by atoms with Gasteiger partial charge in [-0.3, -0.25) is 4.90 Å². The van der Waals surface area contributed by atoms with Gasteiger partial charge < -0.3 is 5.32 Å². The van der Waals surface area contributed by atoms with Crippen LogP contribution in [-0.4, -0.2) is 29.5 Å². The first-order valence-corrected chi connectivity index (χ1v) is 8.76. The molecule has 1 aromatic carbocycles. The van der Waals surface area contributed by atoms with Crippen molar-refractivity contribution in [3.63, 3.8) is 0 Å². The van der Waals surface area contributed by atoms with Crippen LogP contribution in [0, 0.1) is 24.5 Å². The fourth-order valence-corrected chi connectivity index (χ4v) is 3.83. The van der Waals surface area contributed by atoms with Crippen molar-refractivity contribution in [3.8, 4) is 0 Å². The van der Waals surface area contributed by atoms with Gasteiger partial charge in [-0.25, -0.2) is 13.8 Å². The second kappa shape index (κ2) is 7.47. The lowest BCUT2D eigenvalue weighted by molar-refractivity contribution is 0.216. The molecule has 1 N–H and O–H groups in total. The van der Waals surface area contributed by atoms with Crippen LogP contribution in [0.4, 0.5) is 8.78 Å². The molecule has 0 amide bonds. The second-order valence-corrected chi connectivity index (χ2v) is 7.03. The van der Waals surface area contributed by atoms with Gasteiger partial charge in [0, 0.05) is 30.1 Å². The van der Waals surface area contributed by atoms with Crippen LogP contribution in [0.1, 0.15) is 22.6 Å². The van der Waals surface area contributed by atoms with Crippen LogP contribution in [-0.2, 0) is 13.1 Å². The number of aryl methyl sites for hydroxylation is 1. The van der Waals surface area contributed by atoms with E-state index >= 15 is 0 Å². The third kappa shape index (κ3) is 4.13. The lowest BCUT2D eigenvalue weighted by Gasteiger charge is -2.25. The van der Waals surface area contributed by atoms with Crippen LogP contribution in [0.25, 0.3) is 0 Å². The molecule has 0 aliphatic carbocycles. The zero-order valence-corrected chi connectivity index (χ0v) is 14.0. The maximum atomic E-state index is 14.0. The molecule has 1 atom stereocenters. The molecular formula is C17H21F2N3S. The molecule has 1 saturated heterocycles. The summed E-state index contributed by atoms with van der Waals surface area (Å²) in [4.78, 5) is 7.57. The van der Waals surface area contributed by atoms with E-state index in [0.29, 0.717) is 12.5 Å². The molecule has 3 nitrogen and oxygen atoms in total. The van der Waals surface area contributed by atoms with E-state index in [9.17, 15) is 8.78 Å². The Labute approximate surface area is 139 Å². The maximum Gasteiger partial charge on any atom is 0.130 e. The molecule has 1 aliphatic heterocycles. The van der Waals surface area contributed by atoms with E-state index < -0.39 is 11.6 Å². The standard InChI is InChI=1S/C17H21F2N3S/c1-12-17(23-11-21-12)10-22(8-13-5-6-20-7-13)9-14-15(18)3-2-4-16(14)19/h2-4,11,13,20H,5-10H2,1H3. The fourth-order valence-electron chi connectivity index (χ4n) is 3.01. The summed E-state index contributed by atoms with van der Waals surface area (Å²) in [5.41, 5.74) is 2.98. The molecule has 0 saturated carbocycles. The minimum Gasteiger partial charge on any atom is -0.316 e. The number of nitrogens with one attached hydrogen (secondary N) is 1. The molecule has 1 aliphatic rings. The number of rotatable bonds is 6. The van der Waals surface area contributed by atoms with Crippen molar-refractivity contribution in [1.29, 1.82) is 0 Å². The Hall–Kier alpha value is -1.37. The monoisotopic (exact) mass is 337 g/mol. The highest BCUT2D eigenvalue weighted by Gasteiger charge is 2.21. The Morgan fingerprint density at radius 3 is 2.70 bits per heavy atom. The van der Waals surface area contributed by atoms with Crippen molar-refractivity contribution >= 4 is 11.3 Å². The van der Waals surface area contributed by atoms with Crippen LogP contribution >= 0.6 is 11.3 Å². The molecule has 2 heterocycles. The number of aromatic nitrogens is 1. The van der Waals surface area contributed by atoms with Crippen LogP contribution in [0.15, 0.2) is 23.7 Å². The van der Waals surface area contributed by atoms with Gasteiger partial charge in [0.15, 0.2) is 0 Å². The predicted molar refractivity (Wildman–Crippen MR) is 88.3 cm³/mol. The normalized spacial score (nSPS) is 18.0. The van der Waals surface area contributed by atoms with Crippen molar-refractivity contribution in [1.82, 2.24) is 15.2 Å². The van der Waals surface area contributed by atoms with Gasteiger partial charge in [-0.15, -0.1) is 11.3 Å². The highest BCUT2D eigenvalue weighted by atomic mass is 32.1. The first-order chi connectivity index (χ1) is 11.1. The number of hydrogen-bond donors (Lipinski definition) is 1. The minimum absolute atomic E-state index is 0.153. The quantitative estimate of drug-likeness (QED) is 0.876. The van der Waals surface area contributed by atoms with Gasteiger partial charge in [0.05, 0.1) is 11.2 Å². The van der Waals surface area contributed by atoms with E-state index in [4.69, 9.17) is 0 Å². The van der Waals surface area contributed by atoms with Crippen LogP contribution in [0.3, 0.4) is 0 Å². The molecule has 124 valence electrons. The minimum atomic E-state index is -0.472. The van der Waals surface area contributed by atoms with E-state index in [1.165, 1.54) is 18.2 Å². The van der Waals surface area contributed by atoms with E-state index in [0.717, 1.165) is 36.6 Å². The lowest BCUT2D eigenvalue weighted by Crippen LogP contribution is -2.30. The summed E-state index contributed by atoms with van der Waals surface area (Å²) < 4.78 is 28.0. The topological polar surface area (TPSA) is 28.2 Å². The average molecular weight is 337 g/mol. The SMILES string of the molecule is Cc1ncsc1CN(Cc1c(F)cccc1F)CC1CCNC1. The van der Waals surface area contributed by atoms with Crippen LogP contribution in [0.5, 0.6) is 0 Å². The first-order valence-electron chi connectivity index (χ1n) is 7.88. The third-order valence-corrected chi connectivity index (χ3v) is 5.25. The Morgan fingerprint density at radius 1 is 1.30 bits per heavy atom. The van der Waals surface area contributed by atoms with Crippen LogP contribution < -0.4 is 5.32 Å². The Balaban J connectivity index is 1.77. The molecule has 6 heteroatoms. The van der Waals surface area contributed by atoms with Gasteiger partial charge in [-0.05, 0) is 44.5 Å². The number of benzene rings is 1. The van der Waals surface area contributed by atoms with E-state index in [2.05, 4.69) is 15.2 Å². The molecule has 0 spiro atoms. The van der Waals surface area contributed by atoms with Gasteiger partial charge in [0.25, 0.3) is 0 Å². The lowest BCUT2D eigenvalue weighted by atomic mass is 10.1.